The second kappa shape index (κ2) is 5.60. The second-order valence-corrected chi connectivity index (χ2v) is 5.76. The van der Waals surface area contributed by atoms with E-state index < -0.39 is 11.7 Å². The molecular weight excluding hydrogens is 248 g/mol. The van der Waals surface area contributed by atoms with Gasteiger partial charge in [-0.1, -0.05) is 36.6 Å². The van der Waals surface area contributed by atoms with E-state index >= 15 is 0 Å². The lowest BCUT2D eigenvalue weighted by Crippen LogP contribution is -2.46. The van der Waals surface area contributed by atoms with Crippen molar-refractivity contribution >= 4 is 11.6 Å². The Balaban J connectivity index is 2.40. The number of hydrogen-bond donors (Lipinski definition) is 1. The molecule has 18 heavy (non-hydrogen) atoms. The van der Waals surface area contributed by atoms with Gasteiger partial charge in [0, 0.05) is 5.02 Å². The van der Waals surface area contributed by atoms with Crippen LogP contribution in [-0.2, 0) is 10.3 Å². The summed E-state index contributed by atoms with van der Waals surface area (Å²) in [6, 6.07) is 7.69. The van der Waals surface area contributed by atoms with Gasteiger partial charge in [-0.25, -0.2) is 0 Å². The number of hydrogen-bond acceptors (Lipinski definition) is 2. The highest BCUT2D eigenvalue weighted by Crippen LogP contribution is 2.42. The highest BCUT2D eigenvalue weighted by Gasteiger charge is 2.43. The highest BCUT2D eigenvalue weighted by atomic mass is 35.5. The molecule has 0 aromatic heterocycles. The Bertz CT molecular complexity index is 405. The minimum absolute atomic E-state index is 0.0803. The van der Waals surface area contributed by atoms with Crippen molar-refractivity contribution in [3.05, 3.63) is 34.9 Å². The average molecular weight is 269 g/mol. The van der Waals surface area contributed by atoms with Crippen molar-refractivity contribution in [1.29, 1.82) is 0 Å². The van der Waals surface area contributed by atoms with Crippen molar-refractivity contribution in [3.63, 3.8) is 0 Å². The molecule has 1 saturated carbocycles. The Kier molecular flexibility index (Phi) is 4.31. The van der Waals surface area contributed by atoms with Crippen LogP contribution in [0.3, 0.4) is 0 Å². The fraction of sp³-hybridized carbons (Fsp3) is 0.600. The summed E-state index contributed by atoms with van der Waals surface area (Å²) in [5.74, 6) is 0. The largest absolute Gasteiger partial charge is 0.390 e. The Labute approximate surface area is 114 Å². The van der Waals surface area contributed by atoms with Gasteiger partial charge in [-0.15, -0.1) is 0 Å². The highest BCUT2D eigenvalue weighted by molar-refractivity contribution is 6.30. The molecule has 1 aromatic rings. The topological polar surface area (TPSA) is 29.5 Å². The second-order valence-electron chi connectivity index (χ2n) is 5.33. The van der Waals surface area contributed by atoms with Gasteiger partial charge >= 0.3 is 0 Å². The van der Waals surface area contributed by atoms with Gasteiger partial charge in [0.15, 0.2) is 0 Å². The van der Waals surface area contributed by atoms with E-state index in [-0.39, 0.29) is 6.10 Å². The first-order valence-corrected chi connectivity index (χ1v) is 7.04. The first kappa shape index (κ1) is 13.9. The number of benzene rings is 1. The van der Waals surface area contributed by atoms with Gasteiger partial charge in [0.2, 0.25) is 0 Å². The van der Waals surface area contributed by atoms with E-state index in [9.17, 15) is 5.11 Å². The number of halogens is 1. The van der Waals surface area contributed by atoms with E-state index in [0.717, 1.165) is 31.2 Å². The minimum Gasteiger partial charge on any atom is -0.390 e. The van der Waals surface area contributed by atoms with Gasteiger partial charge in [0.05, 0.1) is 12.2 Å². The molecule has 0 saturated heterocycles. The van der Waals surface area contributed by atoms with Crippen molar-refractivity contribution < 1.29 is 9.84 Å². The molecule has 0 radical (unpaired) electrons. The van der Waals surface area contributed by atoms with Crippen molar-refractivity contribution in [1.82, 2.24) is 0 Å². The predicted molar refractivity (Wildman–Crippen MR) is 73.8 cm³/mol. The van der Waals surface area contributed by atoms with E-state index in [2.05, 4.69) is 0 Å². The number of aliphatic hydroxyl groups excluding tert-OH is 1. The number of ether oxygens (including phenoxy) is 1. The van der Waals surface area contributed by atoms with Crippen LogP contribution in [0.4, 0.5) is 0 Å². The van der Waals surface area contributed by atoms with Crippen molar-refractivity contribution in [2.45, 2.75) is 57.3 Å². The lowest BCUT2D eigenvalue weighted by Gasteiger charge is -2.43. The normalized spacial score (nSPS) is 28.6. The number of aliphatic hydroxyl groups is 1. The molecule has 2 atom stereocenters. The van der Waals surface area contributed by atoms with E-state index in [1.807, 2.05) is 38.1 Å². The fourth-order valence-electron chi connectivity index (χ4n) is 2.84. The Hall–Kier alpha value is -0.570. The fourth-order valence-corrected chi connectivity index (χ4v) is 3.03. The third-order valence-corrected chi connectivity index (χ3v) is 3.81. The quantitative estimate of drug-likeness (QED) is 0.901. The van der Waals surface area contributed by atoms with Crippen molar-refractivity contribution in [2.75, 3.05) is 0 Å². The molecule has 0 bridgehead atoms. The average Bonchev–Trinajstić information content (AvgIpc) is 2.31. The molecule has 2 rings (SSSR count). The zero-order valence-corrected chi connectivity index (χ0v) is 11.8. The Morgan fingerprint density at radius 3 is 2.78 bits per heavy atom. The SMILES string of the molecule is CC(C)O[C@]1(c2cccc(Cl)c2)CCCC[C@@H]1O. The molecule has 3 heteroatoms. The van der Waals surface area contributed by atoms with Crippen LogP contribution in [0.25, 0.3) is 0 Å². The summed E-state index contributed by atoms with van der Waals surface area (Å²) in [5.41, 5.74) is 0.410. The van der Waals surface area contributed by atoms with Crippen LogP contribution in [0.5, 0.6) is 0 Å². The zero-order chi connectivity index (χ0) is 13.2. The van der Waals surface area contributed by atoms with Crippen LogP contribution in [0.15, 0.2) is 24.3 Å². The van der Waals surface area contributed by atoms with Crippen LogP contribution in [0.2, 0.25) is 5.02 Å². The molecule has 0 unspecified atom stereocenters. The third-order valence-electron chi connectivity index (χ3n) is 3.57. The van der Waals surface area contributed by atoms with Gasteiger partial charge in [0.1, 0.15) is 5.60 Å². The van der Waals surface area contributed by atoms with E-state index in [1.165, 1.54) is 0 Å². The van der Waals surface area contributed by atoms with Gasteiger partial charge < -0.3 is 9.84 Å². The first-order valence-electron chi connectivity index (χ1n) is 6.66. The Morgan fingerprint density at radius 2 is 2.17 bits per heavy atom. The molecule has 2 nitrogen and oxygen atoms in total. The van der Waals surface area contributed by atoms with Crippen LogP contribution in [-0.4, -0.2) is 17.3 Å². The smallest absolute Gasteiger partial charge is 0.119 e. The van der Waals surface area contributed by atoms with E-state index in [0.29, 0.717) is 5.02 Å². The van der Waals surface area contributed by atoms with Crippen LogP contribution >= 0.6 is 11.6 Å². The molecule has 1 aliphatic rings. The van der Waals surface area contributed by atoms with Gasteiger partial charge in [0.25, 0.3) is 0 Å². The summed E-state index contributed by atoms with van der Waals surface area (Å²) in [7, 11) is 0. The molecule has 1 aliphatic carbocycles. The molecule has 100 valence electrons. The maximum Gasteiger partial charge on any atom is 0.119 e. The standard InChI is InChI=1S/C15H21ClO2/c1-11(2)18-15(9-4-3-8-14(15)17)12-6-5-7-13(16)10-12/h5-7,10-11,14,17H,3-4,8-9H2,1-2H3/t14-,15-/m0/s1. The van der Waals surface area contributed by atoms with Gasteiger partial charge in [-0.2, -0.15) is 0 Å². The first-order chi connectivity index (χ1) is 8.54. The molecule has 0 amide bonds. The van der Waals surface area contributed by atoms with Crippen molar-refractivity contribution in [2.24, 2.45) is 0 Å². The molecule has 1 aromatic carbocycles. The van der Waals surface area contributed by atoms with Crippen LogP contribution in [0.1, 0.15) is 45.1 Å². The third kappa shape index (κ3) is 2.71. The molecule has 1 N–H and O–H groups in total. The van der Waals surface area contributed by atoms with Gasteiger partial charge in [-0.3, -0.25) is 0 Å². The lowest BCUT2D eigenvalue weighted by molar-refractivity contribution is -0.171. The monoisotopic (exact) mass is 268 g/mol. The Morgan fingerprint density at radius 1 is 1.39 bits per heavy atom. The van der Waals surface area contributed by atoms with Crippen LogP contribution < -0.4 is 0 Å². The molecule has 0 heterocycles. The van der Waals surface area contributed by atoms with E-state index in [1.54, 1.807) is 0 Å². The summed E-state index contributed by atoms with van der Waals surface area (Å²) in [6.45, 7) is 4.02. The zero-order valence-electron chi connectivity index (χ0n) is 11.0. The summed E-state index contributed by atoms with van der Waals surface area (Å²) < 4.78 is 6.12. The maximum atomic E-state index is 10.4. The van der Waals surface area contributed by atoms with E-state index in [4.69, 9.17) is 16.3 Å². The summed E-state index contributed by atoms with van der Waals surface area (Å²) >= 11 is 6.07. The number of rotatable bonds is 3. The molecular formula is C15H21ClO2. The summed E-state index contributed by atoms with van der Waals surface area (Å²) in [6.07, 6.45) is 3.41. The van der Waals surface area contributed by atoms with Crippen LogP contribution in [0, 0.1) is 0 Å². The summed E-state index contributed by atoms with van der Waals surface area (Å²) in [4.78, 5) is 0. The predicted octanol–water partition coefficient (Wildman–Crippen LogP) is 3.90. The summed E-state index contributed by atoms with van der Waals surface area (Å²) in [5, 5.41) is 11.1. The maximum absolute atomic E-state index is 10.4. The van der Waals surface area contributed by atoms with Gasteiger partial charge in [-0.05, 0) is 44.4 Å². The molecule has 1 fully saturated rings. The minimum atomic E-state index is -0.586. The van der Waals surface area contributed by atoms with Crippen molar-refractivity contribution in [3.8, 4) is 0 Å². The molecule has 0 spiro atoms. The lowest BCUT2D eigenvalue weighted by atomic mass is 9.77. The molecule has 0 aliphatic heterocycles.